The minimum Gasteiger partial charge on any atom is -0.352 e. The van der Waals surface area contributed by atoms with Crippen LogP contribution in [0.15, 0.2) is 0 Å². The molecule has 0 aromatic carbocycles. The van der Waals surface area contributed by atoms with E-state index < -0.39 is 0 Å². The lowest BCUT2D eigenvalue weighted by molar-refractivity contribution is -0.119. The molecule has 0 radical (unpaired) electrons. The molecule has 1 atom stereocenters. The highest BCUT2D eigenvalue weighted by atomic mass is 16.1. The third-order valence-electron chi connectivity index (χ3n) is 4.32. The molecule has 1 saturated heterocycles. The van der Waals surface area contributed by atoms with Crippen LogP contribution < -0.4 is 10.6 Å². The van der Waals surface area contributed by atoms with Gasteiger partial charge >= 0.3 is 0 Å². The summed E-state index contributed by atoms with van der Waals surface area (Å²) < 4.78 is 0. The SMILES string of the molecule is CNC1CCC(N(C)CC2CCC(=O)N2)CC1. The van der Waals surface area contributed by atoms with Gasteiger partial charge in [-0.2, -0.15) is 0 Å². The number of rotatable bonds is 4. The number of nitrogens with zero attached hydrogens (tertiary/aromatic N) is 1. The van der Waals surface area contributed by atoms with Gasteiger partial charge in [0.2, 0.25) is 5.91 Å². The second kappa shape index (κ2) is 5.83. The van der Waals surface area contributed by atoms with Crippen molar-refractivity contribution in [1.29, 1.82) is 0 Å². The van der Waals surface area contributed by atoms with Crippen molar-refractivity contribution < 1.29 is 4.79 Å². The Morgan fingerprint density at radius 3 is 2.53 bits per heavy atom. The Morgan fingerprint density at radius 2 is 2.00 bits per heavy atom. The molecule has 1 saturated carbocycles. The summed E-state index contributed by atoms with van der Waals surface area (Å²) in [7, 11) is 4.26. The first-order valence-electron chi connectivity index (χ1n) is 6.86. The average Bonchev–Trinajstić information content (AvgIpc) is 2.75. The summed E-state index contributed by atoms with van der Waals surface area (Å²) in [5.41, 5.74) is 0. The molecule has 1 unspecified atom stereocenters. The standard InChI is InChI=1S/C13H25N3O/c1-14-10-3-6-12(7-4-10)16(2)9-11-5-8-13(17)15-11/h10-12,14H,3-9H2,1-2H3,(H,15,17). The van der Waals surface area contributed by atoms with Crippen molar-refractivity contribution in [2.24, 2.45) is 0 Å². The minimum absolute atomic E-state index is 0.224. The molecule has 0 aromatic heterocycles. The van der Waals surface area contributed by atoms with Gasteiger partial charge in [0.1, 0.15) is 0 Å². The fourth-order valence-electron chi connectivity index (χ4n) is 3.12. The van der Waals surface area contributed by atoms with Gasteiger partial charge in [0.05, 0.1) is 0 Å². The maximum atomic E-state index is 11.2. The van der Waals surface area contributed by atoms with E-state index in [1.54, 1.807) is 0 Å². The van der Waals surface area contributed by atoms with Crippen molar-refractivity contribution in [3.63, 3.8) is 0 Å². The molecule has 4 nitrogen and oxygen atoms in total. The van der Waals surface area contributed by atoms with E-state index in [1.165, 1.54) is 25.7 Å². The fraction of sp³-hybridized carbons (Fsp3) is 0.923. The van der Waals surface area contributed by atoms with Gasteiger partial charge in [-0.15, -0.1) is 0 Å². The molecule has 0 aromatic rings. The van der Waals surface area contributed by atoms with Crippen LogP contribution in [0.1, 0.15) is 38.5 Å². The minimum atomic E-state index is 0.224. The van der Waals surface area contributed by atoms with Gasteiger partial charge in [0.15, 0.2) is 0 Å². The zero-order valence-corrected chi connectivity index (χ0v) is 11.0. The largest absolute Gasteiger partial charge is 0.352 e. The van der Waals surface area contributed by atoms with Crippen LogP contribution in [-0.2, 0) is 4.79 Å². The van der Waals surface area contributed by atoms with Gasteiger partial charge in [-0.25, -0.2) is 0 Å². The van der Waals surface area contributed by atoms with Gasteiger partial charge in [0.25, 0.3) is 0 Å². The smallest absolute Gasteiger partial charge is 0.220 e. The lowest BCUT2D eigenvalue weighted by atomic mass is 9.90. The van der Waals surface area contributed by atoms with E-state index in [-0.39, 0.29) is 5.91 Å². The van der Waals surface area contributed by atoms with Crippen LogP contribution in [0.4, 0.5) is 0 Å². The Balaban J connectivity index is 1.73. The fourth-order valence-corrected chi connectivity index (χ4v) is 3.12. The molecule has 4 heteroatoms. The van der Waals surface area contributed by atoms with Crippen LogP contribution in [0.5, 0.6) is 0 Å². The zero-order valence-electron chi connectivity index (χ0n) is 11.0. The number of hydrogen-bond acceptors (Lipinski definition) is 3. The van der Waals surface area contributed by atoms with Crippen molar-refractivity contribution in [1.82, 2.24) is 15.5 Å². The molecule has 1 aliphatic carbocycles. The van der Waals surface area contributed by atoms with Gasteiger partial charge in [-0.1, -0.05) is 0 Å². The topological polar surface area (TPSA) is 44.4 Å². The number of nitrogens with one attached hydrogen (secondary N) is 2. The van der Waals surface area contributed by atoms with Gasteiger partial charge in [-0.05, 0) is 46.2 Å². The van der Waals surface area contributed by atoms with Crippen LogP contribution in [0.2, 0.25) is 0 Å². The number of hydrogen-bond donors (Lipinski definition) is 2. The van der Waals surface area contributed by atoms with Crippen molar-refractivity contribution in [2.75, 3.05) is 20.6 Å². The number of carbonyl (C=O) groups is 1. The molecule has 17 heavy (non-hydrogen) atoms. The molecule has 1 heterocycles. The summed E-state index contributed by atoms with van der Waals surface area (Å²) in [4.78, 5) is 13.6. The summed E-state index contributed by atoms with van der Waals surface area (Å²) in [6, 6.07) is 1.80. The highest BCUT2D eigenvalue weighted by Gasteiger charge is 2.27. The lowest BCUT2D eigenvalue weighted by Crippen LogP contribution is -2.44. The first kappa shape index (κ1) is 12.8. The van der Waals surface area contributed by atoms with Gasteiger partial charge in [0, 0.05) is 31.1 Å². The van der Waals surface area contributed by atoms with Gasteiger partial charge < -0.3 is 15.5 Å². The summed E-state index contributed by atoms with van der Waals surface area (Å²) in [6.07, 6.45) is 6.84. The highest BCUT2D eigenvalue weighted by Crippen LogP contribution is 2.23. The Bertz CT molecular complexity index is 261. The highest BCUT2D eigenvalue weighted by molar-refractivity contribution is 5.78. The molecule has 0 spiro atoms. The van der Waals surface area contributed by atoms with Gasteiger partial charge in [-0.3, -0.25) is 4.79 Å². The molecular formula is C13H25N3O. The third kappa shape index (κ3) is 3.42. The Kier molecular flexibility index (Phi) is 4.40. The Hall–Kier alpha value is -0.610. The molecule has 0 bridgehead atoms. The van der Waals surface area contributed by atoms with E-state index in [9.17, 15) is 4.79 Å². The van der Waals surface area contributed by atoms with Crippen LogP contribution in [0, 0.1) is 0 Å². The monoisotopic (exact) mass is 239 g/mol. The Morgan fingerprint density at radius 1 is 1.29 bits per heavy atom. The van der Waals surface area contributed by atoms with Crippen LogP contribution in [-0.4, -0.2) is 49.6 Å². The first-order chi connectivity index (χ1) is 8.19. The molecule has 98 valence electrons. The molecule has 2 aliphatic rings. The number of carbonyl (C=O) groups excluding carboxylic acids is 1. The van der Waals surface area contributed by atoms with E-state index in [4.69, 9.17) is 0 Å². The quantitative estimate of drug-likeness (QED) is 0.760. The van der Waals surface area contributed by atoms with Crippen molar-refractivity contribution in [2.45, 2.75) is 56.7 Å². The second-order valence-electron chi connectivity index (χ2n) is 5.54. The summed E-state index contributed by atoms with van der Waals surface area (Å²) in [5, 5.41) is 6.42. The number of amides is 1. The van der Waals surface area contributed by atoms with Crippen LogP contribution in [0.25, 0.3) is 0 Å². The molecule has 1 amide bonds. The third-order valence-corrected chi connectivity index (χ3v) is 4.32. The molecule has 2 fully saturated rings. The lowest BCUT2D eigenvalue weighted by Gasteiger charge is -2.35. The van der Waals surface area contributed by atoms with Crippen LogP contribution >= 0.6 is 0 Å². The van der Waals surface area contributed by atoms with E-state index in [1.807, 2.05) is 0 Å². The van der Waals surface area contributed by atoms with E-state index in [0.29, 0.717) is 24.5 Å². The first-order valence-corrected chi connectivity index (χ1v) is 6.86. The normalized spacial score (nSPS) is 34.1. The summed E-state index contributed by atoms with van der Waals surface area (Å²) >= 11 is 0. The summed E-state index contributed by atoms with van der Waals surface area (Å²) in [5.74, 6) is 0.224. The maximum absolute atomic E-state index is 11.2. The van der Waals surface area contributed by atoms with Crippen LogP contribution in [0.3, 0.4) is 0 Å². The van der Waals surface area contributed by atoms with Crippen molar-refractivity contribution in [3.05, 3.63) is 0 Å². The second-order valence-corrected chi connectivity index (χ2v) is 5.54. The summed E-state index contributed by atoms with van der Waals surface area (Å²) in [6.45, 7) is 1.01. The molecular weight excluding hydrogens is 214 g/mol. The predicted molar refractivity (Wildman–Crippen MR) is 68.9 cm³/mol. The van der Waals surface area contributed by atoms with E-state index in [0.717, 1.165) is 13.0 Å². The van der Waals surface area contributed by atoms with E-state index >= 15 is 0 Å². The maximum Gasteiger partial charge on any atom is 0.220 e. The Labute approximate surface area is 104 Å². The zero-order chi connectivity index (χ0) is 12.3. The molecule has 2 N–H and O–H groups in total. The molecule has 2 rings (SSSR count). The van der Waals surface area contributed by atoms with Crippen molar-refractivity contribution in [3.8, 4) is 0 Å². The average molecular weight is 239 g/mol. The molecule has 1 aliphatic heterocycles. The van der Waals surface area contributed by atoms with Crippen molar-refractivity contribution >= 4 is 5.91 Å². The predicted octanol–water partition coefficient (Wildman–Crippen LogP) is 0.727. The number of likely N-dealkylation sites (N-methyl/N-ethyl adjacent to an activating group) is 1. The van der Waals surface area contributed by atoms with E-state index in [2.05, 4.69) is 29.6 Å².